The van der Waals surface area contributed by atoms with Gasteiger partial charge in [-0.05, 0) is 22.3 Å². The summed E-state index contributed by atoms with van der Waals surface area (Å²) in [6, 6.07) is 0. The van der Waals surface area contributed by atoms with Gasteiger partial charge in [0.15, 0.2) is 0 Å². The SMILES string of the molecule is C.CC(C)C(C)S[SiH2]SC(C)C(C)C. The van der Waals surface area contributed by atoms with Gasteiger partial charge in [-0.3, -0.25) is 0 Å². The maximum atomic E-state index is 2.36. The van der Waals surface area contributed by atoms with Crippen LogP contribution in [0.2, 0.25) is 0 Å². The van der Waals surface area contributed by atoms with Gasteiger partial charge in [-0.15, -0.1) is 0 Å². The summed E-state index contributed by atoms with van der Waals surface area (Å²) in [6.45, 7) is 14.0. The smallest absolute Gasteiger partial charge is 0.147 e. The predicted octanol–water partition coefficient (Wildman–Crippen LogP) is 4.18. The van der Waals surface area contributed by atoms with Crippen LogP contribution in [0.3, 0.4) is 0 Å². The summed E-state index contributed by atoms with van der Waals surface area (Å²) in [6.07, 6.45) is 0. The zero-order valence-electron chi connectivity index (χ0n) is 9.83. The first-order chi connectivity index (χ1) is 5.95. The van der Waals surface area contributed by atoms with Crippen molar-refractivity contribution >= 4 is 30.2 Å². The molecule has 0 aliphatic heterocycles. The summed E-state index contributed by atoms with van der Waals surface area (Å²) in [7, 11) is 0.0641. The summed E-state index contributed by atoms with van der Waals surface area (Å²) in [5, 5.41) is 1.72. The van der Waals surface area contributed by atoms with Crippen LogP contribution in [0.15, 0.2) is 0 Å². The second kappa shape index (κ2) is 9.17. The molecular weight excluding hydrogens is 224 g/mol. The van der Waals surface area contributed by atoms with Crippen LogP contribution < -0.4 is 0 Å². The molecule has 0 radical (unpaired) electrons. The molecule has 0 N–H and O–H groups in total. The quantitative estimate of drug-likeness (QED) is 0.651. The van der Waals surface area contributed by atoms with Crippen molar-refractivity contribution in [1.29, 1.82) is 0 Å². The van der Waals surface area contributed by atoms with Crippen LogP contribution >= 0.6 is 22.4 Å². The predicted molar refractivity (Wildman–Crippen MR) is 79.1 cm³/mol. The van der Waals surface area contributed by atoms with Gasteiger partial charge < -0.3 is 0 Å². The third-order valence-corrected chi connectivity index (χ3v) is 11.4. The molecule has 0 spiro atoms. The van der Waals surface area contributed by atoms with Gasteiger partial charge in [-0.2, -0.15) is 22.4 Å². The monoisotopic (exact) mass is 252 g/mol. The molecule has 0 heterocycles. The Balaban J connectivity index is 0. The Morgan fingerprint density at radius 2 is 1.00 bits per heavy atom. The van der Waals surface area contributed by atoms with Crippen molar-refractivity contribution in [3.8, 4) is 0 Å². The maximum Gasteiger partial charge on any atom is 0.147 e. The van der Waals surface area contributed by atoms with Crippen LogP contribution in [0, 0.1) is 11.8 Å². The van der Waals surface area contributed by atoms with E-state index in [1.807, 2.05) is 0 Å². The van der Waals surface area contributed by atoms with E-state index in [-0.39, 0.29) is 15.2 Å². The molecule has 3 heteroatoms. The molecule has 0 bridgehead atoms. The van der Waals surface area contributed by atoms with E-state index >= 15 is 0 Å². The van der Waals surface area contributed by atoms with Gasteiger partial charge in [0.05, 0.1) is 0 Å². The molecule has 0 aromatic carbocycles. The Labute approximate surface area is 102 Å². The lowest BCUT2D eigenvalue weighted by molar-refractivity contribution is 0.644. The van der Waals surface area contributed by atoms with Crippen molar-refractivity contribution < 1.29 is 0 Å². The van der Waals surface area contributed by atoms with Gasteiger partial charge in [0.2, 0.25) is 0 Å². The summed E-state index contributed by atoms with van der Waals surface area (Å²) in [5.41, 5.74) is 0. The third kappa shape index (κ3) is 8.24. The van der Waals surface area contributed by atoms with Crippen molar-refractivity contribution in [1.82, 2.24) is 0 Å². The van der Waals surface area contributed by atoms with E-state index in [1.54, 1.807) is 0 Å². The zero-order valence-corrected chi connectivity index (χ0v) is 12.9. The molecule has 0 amide bonds. The minimum Gasteiger partial charge on any atom is -0.177 e. The standard InChI is InChI=1S/C10H24S2Si.CH4/c1-7(2)9(5)11-13-12-10(6)8(3)4;/h7-10H,13H2,1-6H3;1H4. The molecule has 0 saturated carbocycles. The molecule has 0 aromatic heterocycles. The average Bonchev–Trinajstić information content (AvgIpc) is 2.03. The Bertz CT molecular complexity index is 112. The van der Waals surface area contributed by atoms with Crippen molar-refractivity contribution in [2.75, 3.05) is 0 Å². The molecule has 2 atom stereocenters. The minimum absolute atomic E-state index is 0. The Hall–Kier alpha value is 0.917. The van der Waals surface area contributed by atoms with E-state index in [2.05, 4.69) is 64.0 Å². The van der Waals surface area contributed by atoms with Crippen LogP contribution in [0.1, 0.15) is 49.0 Å². The van der Waals surface area contributed by atoms with Crippen LogP contribution in [0.5, 0.6) is 0 Å². The zero-order chi connectivity index (χ0) is 10.4. The lowest BCUT2D eigenvalue weighted by atomic mass is 10.2. The highest BCUT2D eigenvalue weighted by Crippen LogP contribution is 2.25. The second-order valence-electron chi connectivity index (χ2n) is 4.35. The van der Waals surface area contributed by atoms with E-state index in [0.717, 1.165) is 22.3 Å². The van der Waals surface area contributed by atoms with Crippen LogP contribution in [-0.2, 0) is 0 Å². The fraction of sp³-hybridized carbons (Fsp3) is 1.00. The second-order valence-corrected chi connectivity index (χ2v) is 11.6. The lowest BCUT2D eigenvalue weighted by Crippen LogP contribution is -2.10. The normalized spacial score (nSPS) is 16.3. The molecule has 0 aromatic rings. The van der Waals surface area contributed by atoms with Gasteiger partial charge in [0.1, 0.15) is 7.82 Å². The average molecular weight is 253 g/mol. The first-order valence-electron chi connectivity index (χ1n) is 5.18. The van der Waals surface area contributed by atoms with Crippen LogP contribution in [0.25, 0.3) is 0 Å². The summed E-state index contributed by atoms with van der Waals surface area (Å²) in [4.78, 5) is 0. The Kier molecular flexibility index (Phi) is 11.3. The minimum atomic E-state index is 0. The van der Waals surface area contributed by atoms with E-state index < -0.39 is 0 Å². The summed E-state index contributed by atoms with van der Waals surface area (Å²) in [5.74, 6) is 1.68. The van der Waals surface area contributed by atoms with Gasteiger partial charge >= 0.3 is 0 Å². The summed E-state index contributed by atoms with van der Waals surface area (Å²) >= 11 is 4.46. The lowest BCUT2D eigenvalue weighted by Gasteiger charge is -2.18. The highest BCUT2D eigenvalue weighted by molar-refractivity contribution is 8.50. The third-order valence-electron chi connectivity index (χ3n) is 2.54. The molecule has 88 valence electrons. The topological polar surface area (TPSA) is 0 Å². The first kappa shape index (κ1) is 17.3. The Morgan fingerprint density at radius 1 is 0.714 bits per heavy atom. The maximum absolute atomic E-state index is 2.36. The number of hydrogen-bond acceptors (Lipinski definition) is 2. The fourth-order valence-corrected chi connectivity index (χ4v) is 10.3. The molecular formula is C11H28S2Si. The van der Waals surface area contributed by atoms with E-state index in [0.29, 0.717) is 0 Å². The van der Waals surface area contributed by atoms with Gasteiger partial charge in [0.25, 0.3) is 0 Å². The fourth-order valence-electron chi connectivity index (χ4n) is 0.639. The van der Waals surface area contributed by atoms with Gasteiger partial charge in [0, 0.05) is 0 Å². The van der Waals surface area contributed by atoms with E-state index in [4.69, 9.17) is 0 Å². The number of hydrogen-bond donors (Lipinski definition) is 0. The van der Waals surface area contributed by atoms with Gasteiger partial charge in [-0.1, -0.05) is 49.0 Å². The Morgan fingerprint density at radius 3 is 1.21 bits per heavy atom. The molecule has 0 fully saturated rings. The van der Waals surface area contributed by atoms with Crippen molar-refractivity contribution in [2.24, 2.45) is 11.8 Å². The van der Waals surface area contributed by atoms with Crippen molar-refractivity contribution in [3.05, 3.63) is 0 Å². The van der Waals surface area contributed by atoms with Crippen molar-refractivity contribution in [3.63, 3.8) is 0 Å². The molecule has 2 unspecified atom stereocenters. The highest BCUT2D eigenvalue weighted by atomic mass is 32.6. The highest BCUT2D eigenvalue weighted by Gasteiger charge is 2.10. The van der Waals surface area contributed by atoms with E-state index in [9.17, 15) is 0 Å². The van der Waals surface area contributed by atoms with Crippen LogP contribution in [0.4, 0.5) is 0 Å². The van der Waals surface area contributed by atoms with E-state index in [1.165, 1.54) is 0 Å². The summed E-state index contributed by atoms with van der Waals surface area (Å²) < 4.78 is 0. The first-order valence-corrected chi connectivity index (χ1v) is 10.7. The largest absolute Gasteiger partial charge is 0.177 e. The molecule has 0 aliphatic carbocycles. The molecule has 0 aliphatic rings. The molecule has 0 nitrogen and oxygen atoms in total. The number of rotatable bonds is 6. The van der Waals surface area contributed by atoms with Gasteiger partial charge in [-0.25, -0.2) is 0 Å². The van der Waals surface area contributed by atoms with Crippen LogP contribution in [-0.4, -0.2) is 18.3 Å². The molecule has 0 saturated heterocycles. The molecule has 14 heavy (non-hydrogen) atoms. The van der Waals surface area contributed by atoms with Crippen molar-refractivity contribution in [2.45, 2.75) is 59.5 Å². The molecule has 0 rings (SSSR count).